The van der Waals surface area contributed by atoms with Crippen LogP contribution in [0.25, 0.3) is 0 Å². The zero-order chi connectivity index (χ0) is 9.84. The van der Waals surface area contributed by atoms with Gasteiger partial charge in [0, 0.05) is 4.47 Å². The maximum Gasteiger partial charge on any atom is 0.211 e. The fraction of sp³-hybridized carbons (Fsp3) is 0.222. The number of ether oxygens (including phenoxy) is 1. The summed E-state index contributed by atoms with van der Waals surface area (Å²) in [6, 6.07) is 3.77. The van der Waals surface area contributed by atoms with Crippen molar-refractivity contribution in [1.82, 2.24) is 0 Å². The van der Waals surface area contributed by atoms with Crippen molar-refractivity contribution < 1.29 is 9.53 Å². The molecule has 0 radical (unpaired) electrons. The van der Waals surface area contributed by atoms with E-state index >= 15 is 0 Å². The third-order valence-electron chi connectivity index (χ3n) is 1.62. The normalized spacial score (nSPS) is 9.46. The monoisotopic (exact) mass is 243 g/mol. The molecule has 0 aliphatic carbocycles. The highest BCUT2D eigenvalue weighted by Gasteiger charge is 2.07. The predicted octanol–water partition coefficient (Wildman–Crippen LogP) is 2.33. The second kappa shape index (κ2) is 4.28. The first-order chi connectivity index (χ1) is 6.19. The lowest BCUT2D eigenvalue weighted by Gasteiger charge is -2.10. The van der Waals surface area contributed by atoms with E-state index in [9.17, 15) is 4.79 Å². The van der Waals surface area contributed by atoms with Crippen LogP contribution in [-0.4, -0.2) is 13.5 Å². The van der Waals surface area contributed by atoms with Gasteiger partial charge in [0.2, 0.25) is 6.41 Å². The van der Waals surface area contributed by atoms with E-state index < -0.39 is 0 Å². The summed E-state index contributed by atoms with van der Waals surface area (Å²) in [5, 5.41) is 2.57. The molecule has 1 rings (SSSR count). The van der Waals surface area contributed by atoms with Crippen molar-refractivity contribution in [2.75, 3.05) is 12.4 Å². The zero-order valence-electron chi connectivity index (χ0n) is 7.43. The van der Waals surface area contributed by atoms with Crippen LogP contribution in [-0.2, 0) is 4.79 Å². The Bertz CT molecular complexity index is 326. The number of carbonyl (C=O) groups is 1. The van der Waals surface area contributed by atoms with E-state index in [4.69, 9.17) is 4.74 Å². The summed E-state index contributed by atoms with van der Waals surface area (Å²) in [6.45, 7) is 1.96. The zero-order valence-corrected chi connectivity index (χ0v) is 9.01. The molecule has 0 bridgehead atoms. The van der Waals surface area contributed by atoms with Crippen LogP contribution in [0, 0.1) is 6.92 Å². The second-order valence-electron chi connectivity index (χ2n) is 2.59. The van der Waals surface area contributed by atoms with E-state index in [0.717, 1.165) is 10.0 Å². The molecule has 0 spiro atoms. The summed E-state index contributed by atoms with van der Waals surface area (Å²) in [4.78, 5) is 10.3. The van der Waals surface area contributed by atoms with Gasteiger partial charge in [0.1, 0.15) is 5.75 Å². The van der Waals surface area contributed by atoms with Crippen molar-refractivity contribution in [2.45, 2.75) is 6.92 Å². The van der Waals surface area contributed by atoms with Gasteiger partial charge in [-0.25, -0.2) is 0 Å². The Morgan fingerprint density at radius 3 is 2.77 bits per heavy atom. The van der Waals surface area contributed by atoms with Crippen molar-refractivity contribution in [3.63, 3.8) is 0 Å². The lowest BCUT2D eigenvalue weighted by atomic mass is 10.2. The van der Waals surface area contributed by atoms with Gasteiger partial charge in [0.15, 0.2) is 0 Å². The summed E-state index contributed by atoms with van der Waals surface area (Å²) >= 11 is 3.34. The largest absolute Gasteiger partial charge is 0.495 e. The number of halogens is 1. The molecule has 1 aromatic rings. The van der Waals surface area contributed by atoms with Crippen molar-refractivity contribution in [2.24, 2.45) is 0 Å². The van der Waals surface area contributed by atoms with Crippen LogP contribution < -0.4 is 10.1 Å². The molecular weight excluding hydrogens is 234 g/mol. The summed E-state index contributed by atoms with van der Waals surface area (Å²) in [6.07, 6.45) is 0.623. The number of rotatable bonds is 3. The highest BCUT2D eigenvalue weighted by Crippen LogP contribution is 2.33. The van der Waals surface area contributed by atoms with E-state index in [1.807, 2.05) is 19.1 Å². The van der Waals surface area contributed by atoms with Crippen molar-refractivity contribution in [1.29, 1.82) is 0 Å². The minimum Gasteiger partial charge on any atom is -0.495 e. The number of hydrogen-bond donors (Lipinski definition) is 1. The number of anilines is 1. The third kappa shape index (κ3) is 2.21. The molecule has 70 valence electrons. The number of aryl methyl sites for hydroxylation is 1. The van der Waals surface area contributed by atoms with Gasteiger partial charge in [-0.1, -0.05) is 0 Å². The van der Waals surface area contributed by atoms with Gasteiger partial charge in [0.05, 0.1) is 12.8 Å². The Hall–Kier alpha value is -1.03. The average molecular weight is 244 g/mol. The average Bonchev–Trinajstić information content (AvgIpc) is 2.09. The van der Waals surface area contributed by atoms with E-state index in [2.05, 4.69) is 21.2 Å². The van der Waals surface area contributed by atoms with Crippen LogP contribution in [0.4, 0.5) is 5.69 Å². The highest BCUT2D eigenvalue weighted by atomic mass is 79.9. The first-order valence-corrected chi connectivity index (χ1v) is 4.52. The van der Waals surface area contributed by atoms with Gasteiger partial charge < -0.3 is 10.1 Å². The molecule has 0 aliphatic rings. The molecule has 0 unspecified atom stereocenters. The molecule has 0 fully saturated rings. The van der Waals surface area contributed by atoms with Crippen molar-refractivity contribution >= 4 is 28.0 Å². The molecule has 1 amide bonds. The topological polar surface area (TPSA) is 38.3 Å². The summed E-state index contributed by atoms with van der Waals surface area (Å²) in [5.74, 6) is 0.652. The van der Waals surface area contributed by atoms with Crippen LogP contribution in [0.3, 0.4) is 0 Å². The predicted molar refractivity (Wildman–Crippen MR) is 55.1 cm³/mol. The SMILES string of the molecule is COc1cc(C)cc(Br)c1NC=O. The molecule has 0 atom stereocenters. The fourth-order valence-corrected chi connectivity index (χ4v) is 1.74. The Morgan fingerprint density at radius 1 is 1.54 bits per heavy atom. The Kier molecular flexibility index (Phi) is 3.31. The first-order valence-electron chi connectivity index (χ1n) is 3.73. The molecule has 0 saturated carbocycles. The maximum atomic E-state index is 10.3. The standard InChI is InChI=1S/C9H10BrNO2/c1-6-3-7(10)9(11-5-12)8(4-6)13-2/h3-5H,1-2H3,(H,11,12). The lowest BCUT2D eigenvalue weighted by molar-refractivity contribution is -0.105. The van der Waals surface area contributed by atoms with Crippen LogP contribution in [0.15, 0.2) is 16.6 Å². The summed E-state index contributed by atoms with van der Waals surface area (Å²) in [5.41, 5.74) is 1.73. The second-order valence-corrected chi connectivity index (χ2v) is 3.44. The highest BCUT2D eigenvalue weighted by molar-refractivity contribution is 9.10. The number of nitrogens with one attached hydrogen (secondary N) is 1. The van der Waals surface area contributed by atoms with E-state index in [1.54, 1.807) is 7.11 Å². The van der Waals surface area contributed by atoms with E-state index in [1.165, 1.54) is 0 Å². The third-order valence-corrected chi connectivity index (χ3v) is 2.25. The van der Waals surface area contributed by atoms with Crippen LogP contribution in [0.5, 0.6) is 5.75 Å². The van der Waals surface area contributed by atoms with Gasteiger partial charge in [-0.2, -0.15) is 0 Å². The summed E-state index contributed by atoms with van der Waals surface area (Å²) < 4.78 is 5.92. The van der Waals surface area contributed by atoms with Gasteiger partial charge in [-0.15, -0.1) is 0 Å². The van der Waals surface area contributed by atoms with Gasteiger partial charge >= 0.3 is 0 Å². The Morgan fingerprint density at radius 2 is 2.23 bits per heavy atom. The van der Waals surface area contributed by atoms with Crippen LogP contribution in [0.1, 0.15) is 5.56 Å². The van der Waals surface area contributed by atoms with Gasteiger partial charge in [0.25, 0.3) is 0 Å². The van der Waals surface area contributed by atoms with Crippen molar-refractivity contribution in [3.05, 3.63) is 22.2 Å². The minimum absolute atomic E-state index is 0.623. The summed E-state index contributed by atoms with van der Waals surface area (Å²) in [7, 11) is 1.57. The molecule has 0 aromatic heterocycles. The number of hydrogen-bond acceptors (Lipinski definition) is 2. The molecule has 13 heavy (non-hydrogen) atoms. The van der Waals surface area contributed by atoms with Gasteiger partial charge in [-0.05, 0) is 40.5 Å². The Labute approximate surface area is 85.2 Å². The Balaban J connectivity index is 3.20. The van der Waals surface area contributed by atoms with Crippen LogP contribution in [0.2, 0.25) is 0 Å². The quantitative estimate of drug-likeness (QED) is 0.828. The van der Waals surface area contributed by atoms with E-state index in [0.29, 0.717) is 17.8 Å². The smallest absolute Gasteiger partial charge is 0.211 e. The lowest BCUT2D eigenvalue weighted by Crippen LogP contribution is -1.98. The molecule has 0 heterocycles. The molecule has 1 N–H and O–H groups in total. The molecule has 0 aliphatic heterocycles. The number of carbonyl (C=O) groups excluding carboxylic acids is 1. The molecule has 1 aromatic carbocycles. The number of methoxy groups -OCH3 is 1. The van der Waals surface area contributed by atoms with E-state index in [-0.39, 0.29) is 0 Å². The van der Waals surface area contributed by atoms with Crippen molar-refractivity contribution in [3.8, 4) is 5.75 Å². The minimum atomic E-state index is 0.623. The molecule has 0 saturated heterocycles. The van der Waals surface area contributed by atoms with Crippen LogP contribution >= 0.6 is 15.9 Å². The first kappa shape index (κ1) is 10.1. The fourth-order valence-electron chi connectivity index (χ4n) is 1.07. The number of benzene rings is 1. The molecule has 4 heteroatoms. The maximum absolute atomic E-state index is 10.3. The van der Waals surface area contributed by atoms with Gasteiger partial charge in [-0.3, -0.25) is 4.79 Å². The number of amides is 1. The molecule has 3 nitrogen and oxygen atoms in total. The molecular formula is C9H10BrNO2.